The lowest BCUT2D eigenvalue weighted by Gasteiger charge is -2.49. The fourth-order valence-corrected chi connectivity index (χ4v) is 9.03. The zero-order valence-electron chi connectivity index (χ0n) is 38.0. The summed E-state index contributed by atoms with van der Waals surface area (Å²) < 4.78 is 18.0. The molecule has 19 heteroatoms. The van der Waals surface area contributed by atoms with Crippen LogP contribution in [0.15, 0.2) is 84.9 Å². The van der Waals surface area contributed by atoms with Crippen molar-refractivity contribution >= 4 is 64.7 Å². The number of ether oxygens (including phenoxy) is 3. The number of fused-ring (bicyclic) bond motifs is 2. The lowest BCUT2D eigenvalue weighted by Crippen LogP contribution is -2.64. The summed E-state index contributed by atoms with van der Waals surface area (Å²) in [5.41, 5.74) is 2.46. The van der Waals surface area contributed by atoms with Crippen LogP contribution in [0.2, 0.25) is 0 Å². The van der Waals surface area contributed by atoms with Crippen molar-refractivity contribution < 1.29 is 57.4 Å². The number of anilines is 2. The molecule has 4 aromatic carbocycles. The standard InChI is InChI=1S/C50H49N7O12/c1-49(2,3)69-48(66)55-24-50(25-55,26-67-34-10-4-28(5-11-34)42(60)51-32-8-14-36-30(20-32)22-56(46(36)64)38-16-18-40(58)53-44(38)62)27-68-35-12-6-29(7-13-35)43(61)52-33-9-15-37-31(21-33)23-57(47(37)65)39-17-19-41(59)54-45(39)63/h4-15,20-21,38-39H,16-19,22-27H2,1-3H3,(H,51,60)(H,52,61)(H,53,58,62)(H,54,59,63). The largest absolute Gasteiger partial charge is 0.493 e. The van der Waals surface area contributed by atoms with E-state index in [1.54, 1.807) is 111 Å². The van der Waals surface area contributed by atoms with Crippen molar-refractivity contribution in [2.45, 2.75) is 77.2 Å². The molecule has 5 heterocycles. The van der Waals surface area contributed by atoms with Gasteiger partial charge in [-0.1, -0.05) is 0 Å². The number of hydrogen-bond donors (Lipinski definition) is 4. The van der Waals surface area contributed by atoms with E-state index in [1.165, 1.54) is 9.80 Å². The second-order valence-corrected chi connectivity index (χ2v) is 18.9. The van der Waals surface area contributed by atoms with E-state index in [-0.39, 0.29) is 88.7 Å². The third kappa shape index (κ3) is 9.84. The number of piperidine rings is 2. The van der Waals surface area contributed by atoms with Gasteiger partial charge in [-0.2, -0.15) is 0 Å². The van der Waals surface area contributed by atoms with Gasteiger partial charge < -0.3 is 39.5 Å². The van der Waals surface area contributed by atoms with E-state index in [9.17, 15) is 43.2 Å². The SMILES string of the molecule is CC(C)(C)OC(=O)N1CC(COc2ccc(C(=O)Nc3ccc4c(c3)CN(C3CCC(=O)NC3=O)C4=O)cc2)(COc2ccc(C(=O)Nc3ccc4c(c3)CN(C3CCC(=O)NC3=O)C4=O)cc2)C1. The number of nitrogens with one attached hydrogen (secondary N) is 4. The maximum absolute atomic E-state index is 13.3. The number of rotatable bonds is 12. The topological polar surface area (TPSA) is 239 Å². The Morgan fingerprint density at radius 1 is 0.623 bits per heavy atom. The van der Waals surface area contributed by atoms with Crippen molar-refractivity contribution in [1.29, 1.82) is 0 Å². The van der Waals surface area contributed by atoms with Gasteiger partial charge in [-0.3, -0.25) is 49.0 Å². The molecular formula is C50H49N7O12. The molecule has 2 unspecified atom stereocenters. The molecule has 5 aliphatic rings. The van der Waals surface area contributed by atoms with Gasteiger partial charge in [-0.25, -0.2) is 4.79 Å². The molecule has 0 saturated carbocycles. The first kappa shape index (κ1) is 46.0. The lowest BCUT2D eigenvalue weighted by atomic mass is 9.81. The average molecular weight is 940 g/mol. The number of nitrogens with zero attached hydrogens (tertiary/aromatic N) is 3. The Morgan fingerprint density at radius 3 is 1.43 bits per heavy atom. The molecule has 0 aromatic heterocycles. The molecule has 4 aromatic rings. The van der Waals surface area contributed by atoms with E-state index in [4.69, 9.17) is 14.2 Å². The van der Waals surface area contributed by atoms with Gasteiger partial charge in [0.05, 0.1) is 5.41 Å². The molecule has 356 valence electrons. The molecule has 9 rings (SSSR count). The van der Waals surface area contributed by atoms with Gasteiger partial charge in [0, 0.05) is 72.6 Å². The normalized spacial score (nSPS) is 19.5. The van der Waals surface area contributed by atoms with Crippen LogP contribution in [-0.2, 0) is 37.0 Å². The number of carbonyl (C=O) groups is 9. The van der Waals surface area contributed by atoms with Crippen molar-refractivity contribution in [3.8, 4) is 11.5 Å². The molecule has 4 N–H and O–H groups in total. The Labute approximate surface area is 395 Å². The number of carbonyl (C=O) groups excluding carboxylic acids is 9. The first-order valence-corrected chi connectivity index (χ1v) is 22.5. The van der Waals surface area contributed by atoms with Crippen molar-refractivity contribution in [2.24, 2.45) is 5.41 Å². The van der Waals surface area contributed by atoms with E-state index >= 15 is 0 Å². The maximum Gasteiger partial charge on any atom is 0.410 e. The van der Waals surface area contributed by atoms with E-state index in [0.717, 1.165) is 0 Å². The highest BCUT2D eigenvalue weighted by molar-refractivity contribution is 6.08. The van der Waals surface area contributed by atoms with Crippen LogP contribution in [0, 0.1) is 5.41 Å². The molecular weight excluding hydrogens is 891 g/mol. The van der Waals surface area contributed by atoms with Gasteiger partial charge in [0.25, 0.3) is 23.6 Å². The van der Waals surface area contributed by atoms with Crippen LogP contribution in [-0.4, -0.2) is 112 Å². The Kier molecular flexibility index (Phi) is 12.1. The van der Waals surface area contributed by atoms with E-state index in [1.807, 2.05) is 0 Å². The monoisotopic (exact) mass is 939 g/mol. The van der Waals surface area contributed by atoms with Crippen LogP contribution in [0.25, 0.3) is 0 Å². The highest BCUT2D eigenvalue weighted by Gasteiger charge is 2.48. The van der Waals surface area contributed by atoms with E-state index in [2.05, 4.69) is 21.3 Å². The predicted octanol–water partition coefficient (Wildman–Crippen LogP) is 4.41. The Balaban J connectivity index is 0.793. The smallest absolute Gasteiger partial charge is 0.410 e. The summed E-state index contributed by atoms with van der Waals surface area (Å²) >= 11 is 0. The van der Waals surface area contributed by atoms with Gasteiger partial charge >= 0.3 is 6.09 Å². The van der Waals surface area contributed by atoms with Gasteiger partial charge in [-0.05, 0) is 130 Å². The minimum Gasteiger partial charge on any atom is -0.493 e. The zero-order valence-corrected chi connectivity index (χ0v) is 38.0. The molecule has 5 aliphatic heterocycles. The molecule has 3 saturated heterocycles. The average Bonchev–Trinajstić information content (AvgIpc) is 3.79. The summed E-state index contributed by atoms with van der Waals surface area (Å²) in [4.78, 5) is 118. The molecule has 3 fully saturated rings. The van der Waals surface area contributed by atoms with Crippen molar-refractivity contribution in [1.82, 2.24) is 25.3 Å². The molecule has 0 spiro atoms. The minimum absolute atomic E-state index is 0.149. The summed E-state index contributed by atoms with van der Waals surface area (Å²) in [6, 6.07) is 21.5. The second-order valence-electron chi connectivity index (χ2n) is 18.9. The minimum atomic E-state index is -0.747. The van der Waals surface area contributed by atoms with Crippen LogP contribution < -0.4 is 30.7 Å². The van der Waals surface area contributed by atoms with E-state index < -0.39 is 52.8 Å². The van der Waals surface area contributed by atoms with Crippen LogP contribution in [0.5, 0.6) is 11.5 Å². The highest BCUT2D eigenvalue weighted by Crippen LogP contribution is 2.35. The van der Waals surface area contributed by atoms with Crippen molar-refractivity contribution in [3.05, 3.63) is 118 Å². The number of hydrogen-bond acceptors (Lipinski definition) is 12. The predicted molar refractivity (Wildman–Crippen MR) is 245 cm³/mol. The molecule has 69 heavy (non-hydrogen) atoms. The fraction of sp³-hybridized carbons (Fsp3) is 0.340. The second kappa shape index (κ2) is 18.2. The number of benzene rings is 4. The van der Waals surface area contributed by atoms with E-state index in [0.29, 0.717) is 56.3 Å². The van der Waals surface area contributed by atoms with Gasteiger partial charge in [0.1, 0.15) is 42.4 Å². The zero-order chi connectivity index (χ0) is 48.8. The molecule has 9 amide bonds. The van der Waals surface area contributed by atoms with Crippen LogP contribution >= 0.6 is 0 Å². The van der Waals surface area contributed by atoms with Gasteiger partial charge in [0.2, 0.25) is 23.6 Å². The van der Waals surface area contributed by atoms with Crippen molar-refractivity contribution in [3.63, 3.8) is 0 Å². The summed E-state index contributed by atoms with van der Waals surface area (Å²) in [6.07, 6.45) is 0.325. The first-order valence-electron chi connectivity index (χ1n) is 22.5. The molecule has 0 bridgehead atoms. The quantitative estimate of drug-likeness (QED) is 0.145. The number of imide groups is 2. The Hall–Kier alpha value is -8.09. The number of amides is 9. The molecule has 19 nitrogen and oxygen atoms in total. The third-order valence-corrected chi connectivity index (χ3v) is 12.6. The van der Waals surface area contributed by atoms with Gasteiger partial charge in [0.15, 0.2) is 0 Å². The molecule has 0 radical (unpaired) electrons. The Bertz CT molecular complexity index is 2640. The van der Waals surface area contributed by atoms with Crippen LogP contribution in [0.3, 0.4) is 0 Å². The molecule has 0 aliphatic carbocycles. The highest BCUT2D eigenvalue weighted by atomic mass is 16.6. The molecule has 2 atom stereocenters. The summed E-state index contributed by atoms with van der Waals surface area (Å²) in [6.45, 7) is 6.57. The fourth-order valence-electron chi connectivity index (χ4n) is 9.03. The van der Waals surface area contributed by atoms with Gasteiger partial charge in [-0.15, -0.1) is 0 Å². The number of likely N-dealkylation sites (tertiary alicyclic amines) is 1. The van der Waals surface area contributed by atoms with Crippen LogP contribution in [0.1, 0.15) is 99.0 Å². The third-order valence-electron chi connectivity index (χ3n) is 12.6. The maximum atomic E-state index is 13.3. The first-order chi connectivity index (χ1) is 32.9. The van der Waals surface area contributed by atoms with Crippen molar-refractivity contribution in [2.75, 3.05) is 36.9 Å². The summed E-state index contributed by atoms with van der Waals surface area (Å²) in [5, 5.41) is 10.3. The Morgan fingerprint density at radius 2 is 1.04 bits per heavy atom. The summed E-state index contributed by atoms with van der Waals surface area (Å²) in [7, 11) is 0. The van der Waals surface area contributed by atoms with Crippen LogP contribution in [0.4, 0.5) is 16.2 Å². The lowest BCUT2D eigenvalue weighted by molar-refractivity contribution is -0.138. The summed E-state index contributed by atoms with van der Waals surface area (Å²) in [5.74, 6) is -2.19.